The van der Waals surface area contributed by atoms with Gasteiger partial charge in [-0.1, -0.05) is 234 Å². The smallest absolute Gasteiger partial charge is 0.416 e. The lowest BCUT2D eigenvalue weighted by Gasteiger charge is -2.24. The Hall–Kier alpha value is -5.27. The monoisotopic (exact) mass is 1260 g/mol. The second-order valence-electron chi connectivity index (χ2n) is 28.1. The van der Waals surface area contributed by atoms with Crippen LogP contribution in [0, 0.1) is 46.3 Å². The molecule has 1 amide bonds. The van der Waals surface area contributed by atoms with E-state index in [1.54, 1.807) is 37.6 Å². The van der Waals surface area contributed by atoms with E-state index < -0.39 is 54.9 Å². The number of hydrogen-bond acceptors (Lipinski definition) is 6. The minimum absolute atomic E-state index is 0. The molecule has 2 aliphatic carbocycles. The highest BCUT2D eigenvalue weighted by molar-refractivity contribution is 6.88. The summed E-state index contributed by atoms with van der Waals surface area (Å²) < 4.78 is 41.2. The molecule has 4 aromatic carbocycles. The van der Waals surface area contributed by atoms with Gasteiger partial charge in [-0.15, -0.1) is 0 Å². The third-order valence-electron chi connectivity index (χ3n) is 18.8. The standard InChI is InChI=1S/C14H22.C13H22Si.C11H13F3.C10H14.C9H16.C7H14O2.C6H11NO3.C6H12O2.H3N/c2*1-6-11(2)12-7-9-13(10-8-12)14(3,4)5;1-3-8(2)9-4-6-10(7-5-9)11(12,13)14;1-3-9(2)10-7-5-4-6-8-10;1-6-7(2)9-4-3-8(6)5-9;1-5-7(2,3)6(8)9-4;1-3(5(7)8)4(2)6(9)10;1-4-6(2,3)5(7)8;/h2*7-11H,6H2,1-5H3;4-8H,3H2,1-2H3;4-9H,3H2,1-2H3;6-9H,3-5H2,1-2H3;5H2,1-4H3;3-4H,1-2H3,(H2,7,8)(H,9,10);4H2,1-3H3,(H,7,8);1H3. The van der Waals surface area contributed by atoms with Crippen LogP contribution in [0.4, 0.5) is 13.2 Å². The summed E-state index contributed by atoms with van der Waals surface area (Å²) in [4.78, 5) is 41.6. The van der Waals surface area contributed by atoms with Crippen molar-refractivity contribution in [1.29, 1.82) is 0 Å². The topological polar surface area (TPSA) is 183 Å². The van der Waals surface area contributed by atoms with Crippen molar-refractivity contribution < 1.29 is 47.3 Å². The highest BCUT2D eigenvalue weighted by Crippen LogP contribution is 2.51. The molecule has 0 heterocycles. The maximum absolute atomic E-state index is 12.2. The number of carbonyl (C=O) groups excluding carboxylic acids is 3. The van der Waals surface area contributed by atoms with Crippen LogP contribution in [-0.2, 0) is 35.5 Å². The van der Waals surface area contributed by atoms with Gasteiger partial charge in [0.15, 0.2) is 0 Å². The highest BCUT2D eigenvalue weighted by Gasteiger charge is 2.42. The molecular weight excluding hydrogens is 1140 g/mol. The molecule has 10 atom stereocenters. The molecule has 508 valence electrons. The van der Waals surface area contributed by atoms with Gasteiger partial charge in [-0.25, -0.2) is 0 Å². The van der Waals surface area contributed by atoms with E-state index in [1.165, 1.54) is 75.3 Å². The third-order valence-corrected chi connectivity index (χ3v) is 20.9. The molecule has 2 aliphatic rings. The molecule has 4 aromatic rings. The summed E-state index contributed by atoms with van der Waals surface area (Å²) in [5, 5.41) is 20.1. The van der Waals surface area contributed by atoms with Crippen molar-refractivity contribution in [1.82, 2.24) is 6.15 Å². The fourth-order valence-corrected chi connectivity index (χ4v) is 10.4. The molecule has 2 bridgehead atoms. The molecular formula is C76H127F3N2O7Si. The molecule has 0 aliphatic heterocycles. The Labute approximate surface area is 541 Å². The summed E-state index contributed by atoms with van der Waals surface area (Å²) in [6.45, 7) is 50.3. The van der Waals surface area contributed by atoms with Crippen LogP contribution in [0.5, 0.6) is 0 Å². The summed E-state index contributed by atoms with van der Waals surface area (Å²) >= 11 is 0. The number of carboxylic acids is 2. The van der Waals surface area contributed by atoms with E-state index in [1.807, 2.05) is 41.5 Å². The fourth-order valence-electron chi connectivity index (χ4n) is 9.24. The largest absolute Gasteiger partial charge is 0.550 e. The van der Waals surface area contributed by atoms with Gasteiger partial charge >= 0.3 is 18.1 Å². The lowest BCUT2D eigenvalue weighted by atomic mass is 9.82. The van der Waals surface area contributed by atoms with Crippen LogP contribution in [0.2, 0.25) is 19.6 Å². The normalized spacial score (nSPS) is 17.8. The Morgan fingerprint density at radius 3 is 1.09 bits per heavy atom. The van der Waals surface area contributed by atoms with Crippen LogP contribution >= 0.6 is 0 Å². The summed E-state index contributed by atoms with van der Waals surface area (Å²) in [5.74, 6) is 2.55. The fraction of sp³-hybridized carbons (Fsp3) is 0.632. The number of methoxy groups -OCH3 is 1. The van der Waals surface area contributed by atoms with E-state index >= 15 is 0 Å². The predicted octanol–water partition coefficient (Wildman–Crippen LogP) is 20.3. The number of benzene rings is 4. The second kappa shape index (κ2) is 42.0. The molecule has 2 fully saturated rings. The number of carboxylic acid groups (broad SMARTS) is 2. The zero-order valence-electron chi connectivity index (χ0n) is 60.6. The average molecular weight is 1270 g/mol. The van der Waals surface area contributed by atoms with Gasteiger partial charge in [0.05, 0.1) is 31.6 Å². The van der Waals surface area contributed by atoms with Crippen LogP contribution in [0.3, 0.4) is 0 Å². The number of carbonyl (C=O) groups is 4. The summed E-state index contributed by atoms with van der Waals surface area (Å²) in [5.41, 5.74) is 10.5. The molecule has 13 heteroatoms. The molecule has 9 nitrogen and oxygen atoms in total. The maximum Gasteiger partial charge on any atom is 0.416 e. The first-order valence-corrected chi connectivity index (χ1v) is 36.2. The number of halogens is 3. The minimum Gasteiger partial charge on any atom is -0.550 e. The maximum atomic E-state index is 12.2. The summed E-state index contributed by atoms with van der Waals surface area (Å²) in [7, 11) is 0.315. The SMILES string of the molecule is CC(C(N)=O)C(C)C(=O)[O-].CC1C2CCC(C2)C1C.CCC(C)(C)C(=O)O.CCC(C)(C)C(=O)OC.CCC(C)c1ccc(C(C)(C)C)cc1.CCC(C)c1ccc(C(F)(F)F)cc1.CCC(C)c1ccc([Si](C)(C)C)cc1.CCC(C)c1ccccc1.[NH4+]. The zero-order valence-corrected chi connectivity index (χ0v) is 61.6. The number of fused-ring (bicyclic) bond motifs is 2. The van der Waals surface area contributed by atoms with Crippen LogP contribution in [0.1, 0.15) is 260 Å². The number of alkyl halides is 3. The second-order valence-corrected chi connectivity index (χ2v) is 33.2. The predicted molar refractivity (Wildman–Crippen MR) is 373 cm³/mol. The van der Waals surface area contributed by atoms with E-state index in [4.69, 9.17) is 10.8 Å². The molecule has 10 unspecified atom stereocenters. The molecule has 89 heavy (non-hydrogen) atoms. The van der Waals surface area contributed by atoms with E-state index in [9.17, 15) is 37.5 Å². The van der Waals surface area contributed by atoms with Crippen molar-refractivity contribution in [3.8, 4) is 0 Å². The Bertz CT molecular complexity index is 2370. The number of hydrogen-bond donors (Lipinski definition) is 3. The molecule has 0 spiro atoms. The molecule has 0 aromatic heterocycles. The zero-order chi connectivity index (χ0) is 68.7. The Kier molecular flexibility index (Phi) is 41.5. The average Bonchev–Trinajstić information content (AvgIpc) is 2.45. The van der Waals surface area contributed by atoms with Gasteiger partial charge in [-0.2, -0.15) is 13.2 Å². The van der Waals surface area contributed by atoms with Gasteiger partial charge in [0, 0.05) is 17.8 Å². The number of esters is 1. The first-order chi connectivity index (χ1) is 40.5. The van der Waals surface area contributed by atoms with Crippen molar-refractivity contribution in [3.05, 3.63) is 137 Å². The Balaban J connectivity index is -0.000000956. The van der Waals surface area contributed by atoms with E-state index in [-0.39, 0.29) is 22.9 Å². The molecule has 6 rings (SSSR count). The van der Waals surface area contributed by atoms with Gasteiger partial charge in [0.1, 0.15) is 0 Å². The van der Waals surface area contributed by atoms with Crippen LogP contribution in [-0.4, -0.2) is 44.1 Å². The third kappa shape index (κ3) is 33.0. The minimum atomic E-state index is -4.23. The van der Waals surface area contributed by atoms with E-state index in [0.29, 0.717) is 30.1 Å². The number of aliphatic carboxylic acids is 2. The summed E-state index contributed by atoms with van der Waals surface area (Å²) in [6, 6.07) is 34.4. The molecule has 7 N–H and O–H groups in total. The number of primary amides is 1. The van der Waals surface area contributed by atoms with Gasteiger partial charge in [0.2, 0.25) is 5.91 Å². The number of nitrogens with two attached hydrogens (primary N) is 1. The Morgan fingerprint density at radius 1 is 0.562 bits per heavy atom. The van der Waals surface area contributed by atoms with E-state index in [2.05, 4.69) is 179 Å². The molecule has 0 radical (unpaired) electrons. The van der Waals surface area contributed by atoms with Gasteiger partial charge < -0.3 is 31.6 Å². The lowest BCUT2D eigenvalue weighted by molar-refractivity contribution is -0.312. The molecule has 0 saturated heterocycles. The lowest BCUT2D eigenvalue weighted by Crippen LogP contribution is -2.38. The van der Waals surface area contributed by atoms with Crippen molar-refractivity contribution in [2.45, 2.75) is 258 Å². The van der Waals surface area contributed by atoms with Crippen molar-refractivity contribution in [2.24, 2.45) is 52.1 Å². The number of rotatable bonds is 16. The number of quaternary nitrogens is 1. The quantitative estimate of drug-likeness (QED) is 0.0736. The van der Waals surface area contributed by atoms with Crippen LogP contribution in [0.25, 0.3) is 0 Å². The van der Waals surface area contributed by atoms with Crippen molar-refractivity contribution in [2.75, 3.05) is 7.11 Å². The van der Waals surface area contributed by atoms with Gasteiger partial charge in [-0.3, -0.25) is 14.4 Å². The van der Waals surface area contributed by atoms with Crippen molar-refractivity contribution in [3.63, 3.8) is 0 Å². The summed E-state index contributed by atoms with van der Waals surface area (Å²) in [6.07, 6.45) is 6.52. The van der Waals surface area contributed by atoms with Crippen molar-refractivity contribution >= 4 is 37.1 Å². The number of ether oxygens (including phenoxy) is 1. The first-order valence-electron chi connectivity index (χ1n) is 32.7. The first kappa shape index (κ1) is 87.9. The van der Waals surface area contributed by atoms with Crippen LogP contribution < -0.4 is 22.2 Å². The van der Waals surface area contributed by atoms with E-state index in [0.717, 1.165) is 54.2 Å². The van der Waals surface area contributed by atoms with Gasteiger partial charge in [0.25, 0.3) is 0 Å². The Morgan fingerprint density at radius 2 is 0.888 bits per heavy atom. The highest BCUT2D eigenvalue weighted by atomic mass is 28.3. The van der Waals surface area contributed by atoms with Crippen LogP contribution in [0.15, 0.2) is 103 Å². The van der Waals surface area contributed by atoms with Gasteiger partial charge in [-0.05, 0) is 178 Å². The number of amides is 1. The molecule has 2 saturated carbocycles.